The SMILES string of the molecule is CCCCCCCOC(=O)COc1c2ccccc2c(OCC(=O)OCCCCCCC)c2c(C)c(C)ccc12. The first-order chi connectivity index (χ1) is 19.5. The zero-order chi connectivity index (χ0) is 28.7. The zero-order valence-corrected chi connectivity index (χ0v) is 24.8. The van der Waals surface area contributed by atoms with E-state index < -0.39 is 0 Å². The van der Waals surface area contributed by atoms with Crippen LogP contribution >= 0.6 is 0 Å². The normalized spacial score (nSPS) is 11.1. The lowest BCUT2D eigenvalue weighted by Crippen LogP contribution is -2.17. The van der Waals surface area contributed by atoms with Crippen LogP contribution < -0.4 is 9.47 Å². The molecule has 0 unspecified atom stereocenters. The highest BCUT2D eigenvalue weighted by atomic mass is 16.6. The van der Waals surface area contributed by atoms with Gasteiger partial charge in [0.1, 0.15) is 11.5 Å². The smallest absolute Gasteiger partial charge is 0.344 e. The summed E-state index contributed by atoms with van der Waals surface area (Å²) in [6.07, 6.45) is 10.9. The molecule has 0 bridgehead atoms. The highest BCUT2D eigenvalue weighted by molar-refractivity contribution is 6.12. The van der Waals surface area contributed by atoms with E-state index in [1.165, 1.54) is 25.7 Å². The second-order valence-corrected chi connectivity index (χ2v) is 10.5. The van der Waals surface area contributed by atoms with Gasteiger partial charge in [-0.1, -0.05) is 102 Å². The van der Waals surface area contributed by atoms with Crippen LogP contribution in [0.2, 0.25) is 0 Å². The monoisotopic (exact) mass is 550 g/mol. The number of rotatable bonds is 18. The summed E-state index contributed by atoms with van der Waals surface area (Å²) in [7, 11) is 0. The number of unbranched alkanes of at least 4 members (excludes halogenated alkanes) is 8. The molecule has 6 nitrogen and oxygen atoms in total. The van der Waals surface area contributed by atoms with Gasteiger partial charge in [0, 0.05) is 21.5 Å². The molecule has 218 valence electrons. The van der Waals surface area contributed by atoms with E-state index >= 15 is 0 Å². The predicted octanol–water partition coefficient (Wildman–Crippen LogP) is 8.39. The van der Waals surface area contributed by atoms with Crippen LogP contribution in [0, 0.1) is 13.8 Å². The number of aryl methyl sites for hydroxylation is 2. The summed E-state index contributed by atoms with van der Waals surface area (Å²) in [4.78, 5) is 25.0. The number of carbonyl (C=O) groups is 2. The number of hydrogen-bond donors (Lipinski definition) is 0. The molecule has 40 heavy (non-hydrogen) atoms. The van der Waals surface area contributed by atoms with Gasteiger partial charge in [-0.15, -0.1) is 0 Å². The standard InChI is InChI=1S/C34H46O6/c1-5-7-9-11-15-21-37-30(35)23-39-33-27-17-13-14-18-28(27)34(32-26(4)25(3)19-20-29(32)33)40-24-31(36)38-22-16-12-10-8-6-2/h13-14,17-20H,5-12,15-16,21-24H2,1-4H3. The summed E-state index contributed by atoms with van der Waals surface area (Å²) in [6, 6.07) is 11.8. The van der Waals surface area contributed by atoms with Gasteiger partial charge in [0.25, 0.3) is 0 Å². The van der Waals surface area contributed by atoms with Gasteiger partial charge in [0.2, 0.25) is 0 Å². The van der Waals surface area contributed by atoms with Crippen LogP contribution in [-0.2, 0) is 19.1 Å². The molecule has 0 heterocycles. The summed E-state index contributed by atoms with van der Waals surface area (Å²) >= 11 is 0. The van der Waals surface area contributed by atoms with Crippen LogP contribution in [0.5, 0.6) is 11.5 Å². The van der Waals surface area contributed by atoms with E-state index in [0.717, 1.165) is 71.2 Å². The molecule has 0 amide bonds. The van der Waals surface area contributed by atoms with Gasteiger partial charge < -0.3 is 18.9 Å². The van der Waals surface area contributed by atoms with E-state index in [0.29, 0.717) is 24.7 Å². The molecule has 0 aromatic heterocycles. The highest BCUT2D eigenvalue weighted by Crippen LogP contribution is 2.44. The maximum Gasteiger partial charge on any atom is 0.344 e. The van der Waals surface area contributed by atoms with Crippen molar-refractivity contribution in [1.82, 2.24) is 0 Å². The van der Waals surface area contributed by atoms with Gasteiger partial charge in [-0.2, -0.15) is 0 Å². The molecule has 3 rings (SSSR count). The van der Waals surface area contributed by atoms with Crippen LogP contribution in [0.3, 0.4) is 0 Å². The van der Waals surface area contributed by atoms with Crippen molar-refractivity contribution in [2.45, 2.75) is 91.9 Å². The molecule has 0 spiro atoms. The fourth-order valence-electron chi connectivity index (χ4n) is 4.89. The Hall–Kier alpha value is -3.28. The van der Waals surface area contributed by atoms with E-state index in [4.69, 9.17) is 18.9 Å². The van der Waals surface area contributed by atoms with Crippen LogP contribution in [0.4, 0.5) is 0 Å². The van der Waals surface area contributed by atoms with Gasteiger partial charge in [0.05, 0.1) is 13.2 Å². The Morgan fingerprint density at radius 2 is 1.10 bits per heavy atom. The van der Waals surface area contributed by atoms with E-state index in [1.807, 2.05) is 50.2 Å². The minimum Gasteiger partial charge on any atom is -0.481 e. The van der Waals surface area contributed by atoms with Gasteiger partial charge >= 0.3 is 11.9 Å². The van der Waals surface area contributed by atoms with Gasteiger partial charge in [-0.05, 0) is 37.8 Å². The maximum atomic E-state index is 12.5. The molecule has 0 fully saturated rings. The van der Waals surface area contributed by atoms with Gasteiger partial charge in [0.15, 0.2) is 13.2 Å². The minimum atomic E-state index is -0.380. The second kappa shape index (κ2) is 16.7. The Balaban J connectivity index is 1.77. The molecular weight excluding hydrogens is 504 g/mol. The van der Waals surface area contributed by atoms with Crippen molar-refractivity contribution >= 4 is 33.5 Å². The maximum absolute atomic E-state index is 12.5. The Bertz CT molecular complexity index is 1250. The molecule has 0 saturated heterocycles. The first kappa shape index (κ1) is 31.3. The fraction of sp³-hybridized carbons (Fsp3) is 0.529. The van der Waals surface area contributed by atoms with Crippen molar-refractivity contribution in [3.8, 4) is 11.5 Å². The summed E-state index contributed by atoms with van der Waals surface area (Å²) in [5.74, 6) is 0.467. The average Bonchev–Trinajstić information content (AvgIpc) is 2.96. The predicted molar refractivity (Wildman–Crippen MR) is 161 cm³/mol. The van der Waals surface area contributed by atoms with Crippen LogP contribution in [0.25, 0.3) is 21.5 Å². The van der Waals surface area contributed by atoms with Crippen molar-refractivity contribution in [1.29, 1.82) is 0 Å². The Kier molecular flexibility index (Phi) is 13.1. The molecule has 0 N–H and O–H groups in total. The number of benzene rings is 3. The molecule has 0 aliphatic carbocycles. The lowest BCUT2D eigenvalue weighted by molar-refractivity contribution is -0.147. The molecule has 0 atom stereocenters. The Labute approximate surface area is 239 Å². The zero-order valence-electron chi connectivity index (χ0n) is 24.8. The lowest BCUT2D eigenvalue weighted by Gasteiger charge is -2.19. The van der Waals surface area contributed by atoms with Crippen molar-refractivity contribution in [2.75, 3.05) is 26.4 Å². The molecule has 0 saturated carbocycles. The van der Waals surface area contributed by atoms with Crippen molar-refractivity contribution in [3.63, 3.8) is 0 Å². The van der Waals surface area contributed by atoms with E-state index in [9.17, 15) is 9.59 Å². The molecule has 0 aliphatic heterocycles. The van der Waals surface area contributed by atoms with E-state index in [-0.39, 0.29) is 25.2 Å². The van der Waals surface area contributed by atoms with E-state index in [2.05, 4.69) is 13.8 Å². The number of carbonyl (C=O) groups excluding carboxylic acids is 2. The topological polar surface area (TPSA) is 71.1 Å². The molecule has 6 heteroatoms. The third-order valence-electron chi connectivity index (χ3n) is 7.31. The third kappa shape index (κ3) is 8.87. The summed E-state index contributed by atoms with van der Waals surface area (Å²) in [5, 5.41) is 3.32. The number of fused-ring (bicyclic) bond motifs is 2. The first-order valence-corrected chi connectivity index (χ1v) is 15.0. The number of hydrogen-bond acceptors (Lipinski definition) is 6. The molecule has 0 aliphatic rings. The molecule has 3 aromatic carbocycles. The summed E-state index contributed by atoms with van der Waals surface area (Å²) < 4.78 is 23.2. The van der Waals surface area contributed by atoms with Crippen molar-refractivity contribution < 1.29 is 28.5 Å². The molecule has 3 aromatic rings. The second-order valence-electron chi connectivity index (χ2n) is 10.5. The molecular formula is C34H46O6. The summed E-state index contributed by atoms with van der Waals surface area (Å²) in [5.41, 5.74) is 2.12. The van der Waals surface area contributed by atoms with Crippen molar-refractivity contribution in [2.24, 2.45) is 0 Å². The Morgan fingerprint density at radius 3 is 1.65 bits per heavy atom. The van der Waals surface area contributed by atoms with Crippen LogP contribution in [0.1, 0.15) is 89.2 Å². The van der Waals surface area contributed by atoms with E-state index in [1.54, 1.807) is 0 Å². The third-order valence-corrected chi connectivity index (χ3v) is 7.31. The quantitative estimate of drug-likeness (QED) is 0.0900. The van der Waals surface area contributed by atoms with Crippen molar-refractivity contribution in [3.05, 3.63) is 47.5 Å². The lowest BCUT2D eigenvalue weighted by atomic mass is 9.95. The number of esters is 2. The Morgan fingerprint density at radius 1 is 0.600 bits per heavy atom. The average molecular weight is 551 g/mol. The highest BCUT2D eigenvalue weighted by Gasteiger charge is 2.20. The van der Waals surface area contributed by atoms with Gasteiger partial charge in [-0.3, -0.25) is 0 Å². The molecule has 0 radical (unpaired) electrons. The van der Waals surface area contributed by atoms with Gasteiger partial charge in [-0.25, -0.2) is 9.59 Å². The summed E-state index contributed by atoms with van der Waals surface area (Å²) in [6.45, 7) is 8.90. The fourth-order valence-corrected chi connectivity index (χ4v) is 4.89. The first-order valence-electron chi connectivity index (χ1n) is 15.0. The number of ether oxygens (including phenoxy) is 4. The van der Waals surface area contributed by atoms with Crippen LogP contribution in [0.15, 0.2) is 36.4 Å². The van der Waals surface area contributed by atoms with Crippen LogP contribution in [-0.4, -0.2) is 38.4 Å². The minimum absolute atomic E-state index is 0.174. The largest absolute Gasteiger partial charge is 0.481 e.